The Labute approximate surface area is 108 Å². The summed E-state index contributed by atoms with van der Waals surface area (Å²) >= 11 is 0. The molecule has 0 aromatic carbocycles. The molecule has 0 heterocycles. The van der Waals surface area contributed by atoms with Crippen molar-refractivity contribution in [3.63, 3.8) is 0 Å². The highest BCUT2D eigenvalue weighted by Crippen LogP contribution is 2.36. The summed E-state index contributed by atoms with van der Waals surface area (Å²) in [4.78, 5) is 0. The van der Waals surface area contributed by atoms with Crippen molar-refractivity contribution >= 4 is 0 Å². The van der Waals surface area contributed by atoms with Gasteiger partial charge in [-0.2, -0.15) is 0 Å². The fourth-order valence-corrected chi connectivity index (χ4v) is 2.67. The molecule has 1 aliphatic carbocycles. The Morgan fingerprint density at radius 3 is 2.47 bits per heavy atom. The first-order valence-corrected chi connectivity index (χ1v) is 7.36. The van der Waals surface area contributed by atoms with E-state index in [-0.39, 0.29) is 0 Å². The minimum Gasteiger partial charge on any atom is -0.378 e. The molecule has 0 radical (unpaired) electrons. The van der Waals surface area contributed by atoms with E-state index in [1.807, 2.05) is 0 Å². The van der Waals surface area contributed by atoms with Gasteiger partial charge < -0.3 is 10.1 Å². The maximum atomic E-state index is 5.99. The Balaban J connectivity index is 2.04. The molecule has 102 valence electrons. The molecule has 0 spiro atoms. The lowest BCUT2D eigenvalue weighted by molar-refractivity contribution is 0.00222. The zero-order valence-corrected chi connectivity index (χ0v) is 12.2. The van der Waals surface area contributed by atoms with Crippen molar-refractivity contribution in [2.24, 2.45) is 5.41 Å². The summed E-state index contributed by atoms with van der Waals surface area (Å²) < 4.78 is 5.99. The Morgan fingerprint density at radius 2 is 1.94 bits per heavy atom. The normalized spacial score (nSPS) is 22.6. The molecule has 1 atom stereocenters. The summed E-state index contributed by atoms with van der Waals surface area (Å²) in [5.74, 6) is 0. The highest BCUT2D eigenvalue weighted by atomic mass is 16.5. The van der Waals surface area contributed by atoms with Crippen LogP contribution in [0, 0.1) is 5.41 Å². The summed E-state index contributed by atoms with van der Waals surface area (Å²) in [7, 11) is 2.05. The van der Waals surface area contributed by atoms with Crippen molar-refractivity contribution in [1.29, 1.82) is 0 Å². The molecule has 2 heteroatoms. The van der Waals surface area contributed by atoms with E-state index in [1.165, 1.54) is 44.9 Å². The second kappa shape index (κ2) is 7.38. The van der Waals surface area contributed by atoms with Crippen LogP contribution in [0.4, 0.5) is 0 Å². The molecular formula is C15H31NO. The molecule has 1 N–H and O–H groups in total. The van der Waals surface area contributed by atoms with Gasteiger partial charge in [0, 0.05) is 12.6 Å². The third kappa shape index (κ3) is 5.87. The van der Waals surface area contributed by atoms with E-state index in [0.29, 0.717) is 17.6 Å². The Kier molecular flexibility index (Phi) is 6.50. The number of ether oxygens (including phenoxy) is 1. The number of nitrogens with one attached hydrogen (secondary N) is 1. The third-order valence-electron chi connectivity index (χ3n) is 4.24. The summed E-state index contributed by atoms with van der Waals surface area (Å²) in [6.07, 6.45) is 9.36. The zero-order valence-electron chi connectivity index (χ0n) is 12.2. The molecule has 0 aliphatic heterocycles. The molecule has 0 aromatic rings. The van der Waals surface area contributed by atoms with Crippen molar-refractivity contribution in [2.75, 3.05) is 13.7 Å². The van der Waals surface area contributed by atoms with Crippen LogP contribution in [0.2, 0.25) is 0 Å². The Hall–Kier alpha value is -0.0800. The van der Waals surface area contributed by atoms with Crippen LogP contribution in [0.25, 0.3) is 0 Å². The van der Waals surface area contributed by atoms with Crippen molar-refractivity contribution < 1.29 is 4.74 Å². The van der Waals surface area contributed by atoms with Crippen LogP contribution in [0.1, 0.15) is 65.7 Å². The van der Waals surface area contributed by atoms with E-state index in [4.69, 9.17) is 4.74 Å². The molecule has 0 bridgehead atoms. The number of hydrogen-bond acceptors (Lipinski definition) is 2. The minimum absolute atomic E-state index is 0.540. The molecule has 1 unspecified atom stereocenters. The smallest absolute Gasteiger partial charge is 0.0575 e. The van der Waals surface area contributed by atoms with Gasteiger partial charge >= 0.3 is 0 Å². The van der Waals surface area contributed by atoms with Gasteiger partial charge in [-0.25, -0.2) is 0 Å². The molecule has 1 fully saturated rings. The highest BCUT2D eigenvalue weighted by Gasteiger charge is 2.26. The summed E-state index contributed by atoms with van der Waals surface area (Å²) in [6, 6.07) is 0.670. The predicted octanol–water partition coefficient (Wildman–Crippen LogP) is 3.75. The van der Waals surface area contributed by atoms with Crippen molar-refractivity contribution in [1.82, 2.24) is 5.32 Å². The first kappa shape index (κ1) is 15.0. The maximum absolute atomic E-state index is 5.99. The standard InChI is InChI=1S/C15H31NO/c1-5-13(16-4)7-6-12-17-14-8-10-15(2,3)11-9-14/h13-14,16H,5-12H2,1-4H3. The Morgan fingerprint density at radius 1 is 1.29 bits per heavy atom. The van der Waals surface area contributed by atoms with E-state index in [1.54, 1.807) is 0 Å². The van der Waals surface area contributed by atoms with Gasteiger partial charge in [-0.05, 0) is 57.4 Å². The predicted molar refractivity (Wildman–Crippen MR) is 74.4 cm³/mol. The molecule has 1 aliphatic rings. The quantitative estimate of drug-likeness (QED) is 0.685. The monoisotopic (exact) mass is 241 g/mol. The van der Waals surface area contributed by atoms with Gasteiger partial charge in [0.1, 0.15) is 0 Å². The van der Waals surface area contributed by atoms with E-state index < -0.39 is 0 Å². The van der Waals surface area contributed by atoms with E-state index in [2.05, 4.69) is 33.1 Å². The van der Waals surface area contributed by atoms with Crippen LogP contribution in [0.5, 0.6) is 0 Å². The largest absolute Gasteiger partial charge is 0.378 e. The van der Waals surface area contributed by atoms with Gasteiger partial charge in [-0.3, -0.25) is 0 Å². The molecule has 0 aromatic heterocycles. The summed E-state index contributed by atoms with van der Waals surface area (Å²) in [5, 5.41) is 3.35. The van der Waals surface area contributed by atoms with Crippen LogP contribution in [0.3, 0.4) is 0 Å². The maximum Gasteiger partial charge on any atom is 0.0575 e. The molecule has 1 rings (SSSR count). The second-order valence-electron chi connectivity index (χ2n) is 6.27. The first-order valence-electron chi connectivity index (χ1n) is 7.36. The van der Waals surface area contributed by atoms with Gasteiger partial charge in [0.15, 0.2) is 0 Å². The lowest BCUT2D eigenvalue weighted by atomic mass is 9.76. The van der Waals surface area contributed by atoms with E-state index >= 15 is 0 Å². The van der Waals surface area contributed by atoms with E-state index in [9.17, 15) is 0 Å². The van der Waals surface area contributed by atoms with Gasteiger partial charge in [-0.1, -0.05) is 20.8 Å². The van der Waals surface area contributed by atoms with Crippen LogP contribution in [-0.2, 0) is 4.74 Å². The topological polar surface area (TPSA) is 21.3 Å². The summed E-state index contributed by atoms with van der Waals surface area (Å²) in [6.45, 7) is 7.94. The van der Waals surface area contributed by atoms with Crippen LogP contribution >= 0.6 is 0 Å². The lowest BCUT2D eigenvalue weighted by Crippen LogP contribution is -2.27. The van der Waals surface area contributed by atoms with Crippen molar-refractivity contribution in [3.8, 4) is 0 Å². The average Bonchev–Trinajstić information content (AvgIpc) is 2.31. The fraction of sp³-hybridized carbons (Fsp3) is 1.00. The average molecular weight is 241 g/mol. The van der Waals surface area contributed by atoms with Crippen molar-refractivity contribution in [2.45, 2.75) is 77.9 Å². The van der Waals surface area contributed by atoms with Gasteiger partial charge in [0.05, 0.1) is 6.10 Å². The van der Waals surface area contributed by atoms with E-state index in [0.717, 1.165) is 6.61 Å². The molecule has 1 saturated carbocycles. The van der Waals surface area contributed by atoms with Crippen LogP contribution in [0.15, 0.2) is 0 Å². The number of hydrogen-bond donors (Lipinski definition) is 1. The SMILES string of the molecule is CCC(CCCOC1CCC(C)(C)CC1)NC. The molecule has 0 amide bonds. The van der Waals surface area contributed by atoms with Crippen molar-refractivity contribution in [3.05, 3.63) is 0 Å². The third-order valence-corrected chi connectivity index (χ3v) is 4.24. The van der Waals surface area contributed by atoms with Gasteiger partial charge in [-0.15, -0.1) is 0 Å². The molecular weight excluding hydrogens is 210 g/mol. The van der Waals surface area contributed by atoms with Gasteiger partial charge in [0.25, 0.3) is 0 Å². The van der Waals surface area contributed by atoms with Crippen LogP contribution in [-0.4, -0.2) is 25.8 Å². The summed E-state index contributed by atoms with van der Waals surface area (Å²) in [5.41, 5.74) is 0.555. The van der Waals surface area contributed by atoms with Gasteiger partial charge in [0.2, 0.25) is 0 Å². The molecule has 0 saturated heterocycles. The second-order valence-corrected chi connectivity index (χ2v) is 6.27. The molecule has 2 nitrogen and oxygen atoms in total. The zero-order chi connectivity index (χ0) is 12.7. The minimum atomic E-state index is 0.540. The van der Waals surface area contributed by atoms with Crippen LogP contribution < -0.4 is 5.32 Å². The first-order chi connectivity index (χ1) is 8.07. The lowest BCUT2D eigenvalue weighted by Gasteiger charge is -2.34. The number of rotatable bonds is 7. The fourth-order valence-electron chi connectivity index (χ4n) is 2.67. The molecule has 17 heavy (non-hydrogen) atoms. The Bertz CT molecular complexity index is 189. The highest BCUT2D eigenvalue weighted by molar-refractivity contribution is 4.78.